The summed E-state index contributed by atoms with van der Waals surface area (Å²) in [5.74, 6) is -1.17. The van der Waals surface area contributed by atoms with Crippen LogP contribution in [0, 0.1) is 5.82 Å². The van der Waals surface area contributed by atoms with Crippen LogP contribution >= 0.6 is 11.3 Å². The number of anilines is 2. The SMILES string of the molecule is CN(c1ccc(-c2csc(NC(=O)c3ccccc3F)n2)cc1)S(C)(=O)=O. The third kappa shape index (κ3) is 4.32. The van der Waals surface area contributed by atoms with Crippen molar-refractivity contribution in [2.24, 2.45) is 0 Å². The third-order valence-corrected chi connectivity index (χ3v) is 5.83. The number of benzene rings is 2. The van der Waals surface area contributed by atoms with Gasteiger partial charge in [-0.15, -0.1) is 11.3 Å². The minimum absolute atomic E-state index is 0.0533. The molecule has 0 fully saturated rings. The van der Waals surface area contributed by atoms with Crippen molar-refractivity contribution in [3.8, 4) is 11.3 Å². The van der Waals surface area contributed by atoms with Crippen LogP contribution in [0.2, 0.25) is 0 Å². The first-order valence-electron chi connectivity index (χ1n) is 7.81. The van der Waals surface area contributed by atoms with Crippen molar-refractivity contribution in [2.45, 2.75) is 0 Å². The van der Waals surface area contributed by atoms with Crippen LogP contribution in [0.15, 0.2) is 53.9 Å². The molecule has 2 aromatic carbocycles. The normalized spacial score (nSPS) is 11.2. The van der Waals surface area contributed by atoms with Gasteiger partial charge in [-0.3, -0.25) is 14.4 Å². The number of sulfonamides is 1. The summed E-state index contributed by atoms with van der Waals surface area (Å²) in [6, 6.07) is 12.6. The van der Waals surface area contributed by atoms with E-state index in [1.807, 2.05) is 0 Å². The molecule has 0 aliphatic carbocycles. The molecule has 1 aromatic heterocycles. The van der Waals surface area contributed by atoms with Crippen LogP contribution < -0.4 is 9.62 Å². The number of hydrogen-bond acceptors (Lipinski definition) is 5. The minimum Gasteiger partial charge on any atom is -0.298 e. The van der Waals surface area contributed by atoms with Gasteiger partial charge >= 0.3 is 0 Å². The lowest BCUT2D eigenvalue weighted by molar-refractivity contribution is 0.102. The Morgan fingerprint density at radius 1 is 1.15 bits per heavy atom. The topological polar surface area (TPSA) is 79.4 Å². The van der Waals surface area contributed by atoms with Gasteiger partial charge in [0.2, 0.25) is 10.0 Å². The number of nitrogens with zero attached hydrogens (tertiary/aromatic N) is 2. The molecule has 0 radical (unpaired) electrons. The molecule has 1 N–H and O–H groups in total. The molecular weight excluding hydrogens is 389 g/mol. The van der Waals surface area contributed by atoms with Gasteiger partial charge < -0.3 is 0 Å². The molecule has 140 valence electrons. The zero-order valence-electron chi connectivity index (χ0n) is 14.5. The first kappa shape index (κ1) is 19.0. The number of carbonyl (C=O) groups is 1. The summed E-state index contributed by atoms with van der Waals surface area (Å²) in [5.41, 5.74) is 1.87. The van der Waals surface area contributed by atoms with Gasteiger partial charge in [-0.1, -0.05) is 24.3 Å². The molecule has 0 saturated heterocycles. The van der Waals surface area contributed by atoms with E-state index in [9.17, 15) is 17.6 Å². The van der Waals surface area contributed by atoms with Gasteiger partial charge in [0.05, 0.1) is 23.2 Å². The molecule has 0 bridgehead atoms. The second-order valence-electron chi connectivity index (χ2n) is 5.75. The Bertz CT molecular complexity index is 1080. The van der Waals surface area contributed by atoms with Crippen LogP contribution in [0.5, 0.6) is 0 Å². The monoisotopic (exact) mass is 405 g/mol. The first-order valence-corrected chi connectivity index (χ1v) is 10.5. The van der Waals surface area contributed by atoms with E-state index in [2.05, 4.69) is 10.3 Å². The van der Waals surface area contributed by atoms with E-state index in [1.165, 1.54) is 40.9 Å². The van der Waals surface area contributed by atoms with Crippen molar-refractivity contribution < 1.29 is 17.6 Å². The molecule has 0 aliphatic heterocycles. The van der Waals surface area contributed by atoms with Crippen molar-refractivity contribution >= 4 is 38.1 Å². The molecule has 6 nitrogen and oxygen atoms in total. The number of thiazole rings is 1. The van der Waals surface area contributed by atoms with E-state index < -0.39 is 21.7 Å². The summed E-state index contributed by atoms with van der Waals surface area (Å²) >= 11 is 1.22. The highest BCUT2D eigenvalue weighted by Crippen LogP contribution is 2.27. The standard InChI is InChI=1S/C18H16FN3O3S2/c1-22(27(2,24)25)13-9-7-12(8-10-13)16-11-26-18(20-16)21-17(23)14-5-3-4-6-15(14)19/h3-11H,1-2H3,(H,20,21,23). The molecule has 0 unspecified atom stereocenters. The van der Waals surface area contributed by atoms with Crippen molar-refractivity contribution in [1.29, 1.82) is 0 Å². The van der Waals surface area contributed by atoms with Crippen LogP contribution in [0.4, 0.5) is 15.2 Å². The van der Waals surface area contributed by atoms with Gasteiger partial charge in [-0.25, -0.2) is 17.8 Å². The highest BCUT2D eigenvalue weighted by molar-refractivity contribution is 7.92. The third-order valence-electron chi connectivity index (χ3n) is 3.87. The Morgan fingerprint density at radius 3 is 2.44 bits per heavy atom. The fourth-order valence-electron chi connectivity index (χ4n) is 2.31. The van der Waals surface area contributed by atoms with E-state index in [0.717, 1.165) is 11.8 Å². The molecule has 0 saturated carbocycles. The number of nitrogens with one attached hydrogen (secondary N) is 1. The Hall–Kier alpha value is -2.78. The predicted octanol–water partition coefficient (Wildman–Crippen LogP) is 3.60. The number of rotatable bonds is 5. The average molecular weight is 405 g/mol. The average Bonchev–Trinajstić information content (AvgIpc) is 3.09. The van der Waals surface area contributed by atoms with Gasteiger partial charge in [-0.2, -0.15) is 0 Å². The number of aromatic nitrogens is 1. The molecule has 0 atom stereocenters. The number of amides is 1. The molecule has 9 heteroatoms. The smallest absolute Gasteiger partial charge is 0.260 e. The summed E-state index contributed by atoms with van der Waals surface area (Å²) in [6.07, 6.45) is 1.13. The Balaban J connectivity index is 1.76. The molecule has 0 spiro atoms. The van der Waals surface area contributed by atoms with Gasteiger partial charge in [0.25, 0.3) is 5.91 Å². The van der Waals surface area contributed by atoms with Crippen molar-refractivity contribution in [1.82, 2.24) is 4.98 Å². The maximum Gasteiger partial charge on any atom is 0.260 e. The fraction of sp³-hybridized carbons (Fsp3) is 0.111. The lowest BCUT2D eigenvalue weighted by Gasteiger charge is -2.16. The van der Waals surface area contributed by atoms with Crippen LogP contribution in [0.3, 0.4) is 0 Å². The summed E-state index contributed by atoms with van der Waals surface area (Å²) in [5, 5.41) is 4.68. The number of halogens is 1. The van der Waals surface area contributed by atoms with E-state index >= 15 is 0 Å². The molecule has 0 aliphatic rings. The summed E-state index contributed by atoms with van der Waals surface area (Å²) in [4.78, 5) is 16.5. The summed E-state index contributed by atoms with van der Waals surface area (Å²) in [6.45, 7) is 0. The first-order chi connectivity index (χ1) is 12.8. The predicted molar refractivity (Wildman–Crippen MR) is 105 cm³/mol. The van der Waals surface area contributed by atoms with Gasteiger partial charge in [0, 0.05) is 18.0 Å². The van der Waals surface area contributed by atoms with E-state index in [0.29, 0.717) is 16.5 Å². The quantitative estimate of drug-likeness (QED) is 0.703. The second kappa shape index (κ2) is 7.45. The number of carbonyl (C=O) groups excluding carboxylic acids is 1. The van der Waals surface area contributed by atoms with Gasteiger partial charge in [-0.05, 0) is 24.3 Å². The zero-order valence-corrected chi connectivity index (χ0v) is 16.1. The molecule has 1 amide bonds. The lowest BCUT2D eigenvalue weighted by atomic mass is 10.1. The van der Waals surface area contributed by atoms with Crippen molar-refractivity contribution in [3.63, 3.8) is 0 Å². The summed E-state index contributed by atoms with van der Waals surface area (Å²) in [7, 11) is -1.86. The Morgan fingerprint density at radius 2 is 1.81 bits per heavy atom. The highest BCUT2D eigenvalue weighted by Gasteiger charge is 2.14. The molecule has 1 heterocycles. The molecule has 27 heavy (non-hydrogen) atoms. The molecule has 3 aromatic rings. The van der Waals surface area contributed by atoms with Gasteiger partial charge in [0.15, 0.2) is 5.13 Å². The fourth-order valence-corrected chi connectivity index (χ4v) is 3.53. The second-order valence-corrected chi connectivity index (χ2v) is 8.62. The van der Waals surface area contributed by atoms with E-state index in [1.54, 1.807) is 35.7 Å². The maximum atomic E-state index is 13.7. The Kier molecular flexibility index (Phi) is 5.24. The lowest BCUT2D eigenvalue weighted by Crippen LogP contribution is -2.24. The van der Waals surface area contributed by atoms with Crippen LogP contribution in [0.1, 0.15) is 10.4 Å². The Labute approximate surface area is 160 Å². The van der Waals surface area contributed by atoms with Crippen molar-refractivity contribution in [3.05, 3.63) is 65.3 Å². The minimum atomic E-state index is -3.33. The van der Waals surface area contributed by atoms with Crippen molar-refractivity contribution in [2.75, 3.05) is 22.9 Å². The van der Waals surface area contributed by atoms with Crippen LogP contribution in [0.25, 0.3) is 11.3 Å². The number of hydrogen-bond donors (Lipinski definition) is 1. The maximum absolute atomic E-state index is 13.7. The highest BCUT2D eigenvalue weighted by atomic mass is 32.2. The van der Waals surface area contributed by atoms with E-state index in [-0.39, 0.29) is 5.56 Å². The molecule has 3 rings (SSSR count). The van der Waals surface area contributed by atoms with Crippen LogP contribution in [-0.4, -0.2) is 32.6 Å². The zero-order chi connectivity index (χ0) is 19.6. The van der Waals surface area contributed by atoms with Crippen LogP contribution in [-0.2, 0) is 10.0 Å². The summed E-state index contributed by atoms with van der Waals surface area (Å²) < 4.78 is 38.0. The van der Waals surface area contributed by atoms with Gasteiger partial charge in [0.1, 0.15) is 5.82 Å². The largest absolute Gasteiger partial charge is 0.298 e. The van der Waals surface area contributed by atoms with E-state index in [4.69, 9.17) is 0 Å². The molecular formula is C18H16FN3O3S2.